The Balaban J connectivity index is 1.95. The van der Waals surface area contributed by atoms with Crippen LogP contribution in [0.2, 0.25) is 0 Å². The number of aliphatic hydroxyl groups excluding tert-OH is 1. The van der Waals surface area contributed by atoms with Crippen LogP contribution in [0, 0.1) is 5.92 Å². The largest absolute Gasteiger partial charge is 0.486 e. The van der Waals surface area contributed by atoms with Crippen molar-refractivity contribution in [3.8, 4) is 5.75 Å². The molecule has 0 radical (unpaired) electrons. The van der Waals surface area contributed by atoms with E-state index in [1.807, 2.05) is 39.1 Å². The molecule has 1 heterocycles. The number of carbonyl (C=O) groups excluding carboxylic acids is 2. The van der Waals surface area contributed by atoms with Crippen molar-refractivity contribution in [1.29, 1.82) is 0 Å². The number of anilines is 2. The van der Waals surface area contributed by atoms with Gasteiger partial charge >= 0.3 is 6.03 Å². The van der Waals surface area contributed by atoms with Crippen LogP contribution in [-0.4, -0.2) is 60.8 Å². The minimum Gasteiger partial charge on any atom is -0.486 e. The number of nitrogens with one attached hydrogen (secondary N) is 3. The number of hydrogen-bond donors (Lipinski definition) is 4. The van der Waals surface area contributed by atoms with Crippen molar-refractivity contribution in [2.75, 3.05) is 37.4 Å². The Morgan fingerprint density at radius 1 is 1.19 bits per heavy atom. The lowest BCUT2D eigenvalue weighted by Crippen LogP contribution is -2.49. The Kier molecular flexibility index (Phi) is 7.49. The predicted molar refractivity (Wildman–Crippen MR) is 121 cm³/mol. The van der Waals surface area contributed by atoms with Crippen molar-refractivity contribution in [3.05, 3.63) is 54.1 Å². The average Bonchev–Trinajstić information content (AvgIpc) is 2.76. The van der Waals surface area contributed by atoms with E-state index in [2.05, 4.69) is 16.0 Å². The highest BCUT2D eigenvalue weighted by Crippen LogP contribution is 2.34. The molecule has 1 aliphatic rings. The summed E-state index contributed by atoms with van der Waals surface area (Å²) in [4.78, 5) is 27.6. The maximum atomic E-state index is 13.3. The fourth-order valence-corrected chi connectivity index (χ4v) is 3.59. The van der Waals surface area contributed by atoms with Crippen LogP contribution >= 0.6 is 0 Å². The molecule has 0 spiro atoms. The van der Waals surface area contributed by atoms with Gasteiger partial charge < -0.3 is 30.7 Å². The van der Waals surface area contributed by atoms with Gasteiger partial charge in [-0.15, -0.1) is 0 Å². The minimum absolute atomic E-state index is 0.00440. The topological polar surface area (TPSA) is 103 Å². The van der Waals surface area contributed by atoms with Crippen LogP contribution in [0.25, 0.3) is 0 Å². The van der Waals surface area contributed by atoms with E-state index in [9.17, 15) is 14.7 Å². The quantitative estimate of drug-likeness (QED) is 0.569. The van der Waals surface area contributed by atoms with Crippen LogP contribution in [0.1, 0.15) is 24.2 Å². The Hall–Kier alpha value is -3.10. The highest BCUT2D eigenvalue weighted by Gasteiger charge is 2.33. The number of aliphatic hydroxyl groups is 1. The zero-order valence-corrected chi connectivity index (χ0v) is 18.1. The van der Waals surface area contributed by atoms with E-state index in [0.717, 1.165) is 0 Å². The average molecular weight is 427 g/mol. The molecular formula is C23H30N4O4. The van der Waals surface area contributed by atoms with Gasteiger partial charge in [0.2, 0.25) is 0 Å². The molecule has 2 aromatic rings. The second kappa shape index (κ2) is 10.3. The van der Waals surface area contributed by atoms with E-state index in [-0.39, 0.29) is 30.6 Å². The van der Waals surface area contributed by atoms with Gasteiger partial charge in [0.05, 0.1) is 23.9 Å². The van der Waals surface area contributed by atoms with Gasteiger partial charge in [-0.25, -0.2) is 4.79 Å². The third-order valence-corrected chi connectivity index (χ3v) is 5.38. The fourth-order valence-electron chi connectivity index (χ4n) is 3.59. The van der Waals surface area contributed by atoms with Gasteiger partial charge in [0.15, 0.2) is 5.75 Å². The van der Waals surface area contributed by atoms with Crippen LogP contribution in [0.3, 0.4) is 0 Å². The van der Waals surface area contributed by atoms with Crippen molar-refractivity contribution in [2.45, 2.75) is 26.0 Å². The SMILES string of the molecule is CNC[C@H]1Oc2c(NC(=O)Nc3ccccc3)cccc2C(=O)N([C@H](C)CO)C[C@H]1C. The fraction of sp³-hybridized carbons (Fsp3) is 0.391. The molecule has 3 rings (SSSR count). The normalized spacial score (nSPS) is 19.5. The third kappa shape index (κ3) is 5.34. The number of amides is 3. The first-order chi connectivity index (χ1) is 14.9. The summed E-state index contributed by atoms with van der Waals surface area (Å²) in [7, 11) is 1.84. The van der Waals surface area contributed by atoms with E-state index in [0.29, 0.717) is 35.8 Å². The molecule has 0 unspecified atom stereocenters. The number of rotatable bonds is 6. The molecule has 0 aromatic heterocycles. The molecule has 8 heteroatoms. The standard InChI is InChI=1S/C23H30N4O4/c1-15-13-27(16(2)14-28)22(29)18-10-7-11-19(21(18)31-20(15)12-24-3)26-23(30)25-17-8-5-4-6-9-17/h4-11,15-16,20,24,28H,12-14H2,1-3H3,(H2,25,26,30)/t15-,16-,20-/m1/s1. The summed E-state index contributed by atoms with van der Waals surface area (Å²) in [6.07, 6.45) is -0.231. The monoisotopic (exact) mass is 426 g/mol. The molecule has 3 amide bonds. The first-order valence-electron chi connectivity index (χ1n) is 10.4. The summed E-state index contributed by atoms with van der Waals surface area (Å²) in [5.74, 6) is 0.0980. The molecule has 3 atom stereocenters. The molecule has 8 nitrogen and oxygen atoms in total. The predicted octanol–water partition coefficient (Wildman–Crippen LogP) is 2.77. The molecule has 166 valence electrons. The number of nitrogens with zero attached hydrogens (tertiary/aromatic N) is 1. The van der Waals surface area contributed by atoms with Crippen molar-refractivity contribution >= 4 is 23.3 Å². The summed E-state index contributed by atoms with van der Waals surface area (Å²) in [5, 5.41) is 18.4. The molecule has 0 aliphatic carbocycles. The minimum atomic E-state index is -0.434. The number of carbonyl (C=O) groups is 2. The number of benzene rings is 2. The van der Waals surface area contributed by atoms with E-state index in [4.69, 9.17) is 4.74 Å². The van der Waals surface area contributed by atoms with E-state index < -0.39 is 6.03 Å². The van der Waals surface area contributed by atoms with Crippen molar-refractivity contribution in [2.24, 2.45) is 5.92 Å². The molecule has 4 N–H and O–H groups in total. The zero-order chi connectivity index (χ0) is 22.4. The number of fused-ring (bicyclic) bond motifs is 1. The van der Waals surface area contributed by atoms with Crippen LogP contribution in [-0.2, 0) is 0 Å². The summed E-state index contributed by atoms with van der Waals surface area (Å²) in [5.41, 5.74) is 1.41. The Morgan fingerprint density at radius 3 is 2.61 bits per heavy atom. The lowest BCUT2D eigenvalue weighted by Gasteiger charge is -2.37. The zero-order valence-electron chi connectivity index (χ0n) is 18.1. The molecule has 0 fully saturated rings. The van der Waals surface area contributed by atoms with Crippen molar-refractivity contribution < 1.29 is 19.4 Å². The van der Waals surface area contributed by atoms with Crippen LogP contribution < -0.4 is 20.7 Å². The maximum Gasteiger partial charge on any atom is 0.323 e. The molecule has 0 saturated carbocycles. The third-order valence-electron chi connectivity index (χ3n) is 5.38. The second-order valence-electron chi connectivity index (χ2n) is 7.81. The van der Waals surface area contributed by atoms with Crippen LogP contribution in [0.5, 0.6) is 5.75 Å². The van der Waals surface area contributed by atoms with Gasteiger partial charge in [-0.3, -0.25) is 4.79 Å². The maximum absolute atomic E-state index is 13.3. The van der Waals surface area contributed by atoms with Crippen molar-refractivity contribution in [3.63, 3.8) is 0 Å². The number of ether oxygens (including phenoxy) is 1. The van der Waals surface area contributed by atoms with Gasteiger partial charge in [0, 0.05) is 24.7 Å². The lowest BCUT2D eigenvalue weighted by atomic mass is 9.99. The molecular weight excluding hydrogens is 396 g/mol. The molecule has 2 aromatic carbocycles. The first kappa shape index (κ1) is 22.6. The Bertz CT molecular complexity index is 906. The smallest absolute Gasteiger partial charge is 0.323 e. The number of para-hydroxylation sites is 2. The van der Waals surface area contributed by atoms with Gasteiger partial charge in [0.25, 0.3) is 5.91 Å². The highest BCUT2D eigenvalue weighted by atomic mass is 16.5. The first-order valence-corrected chi connectivity index (χ1v) is 10.4. The van der Waals surface area contributed by atoms with Gasteiger partial charge in [-0.05, 0) is 38.2 Å². The summed E-state index contributed by atoms with van der Waals surface area (Å²) in [6, 6.07) is 13.4. The molecule has 0 bridgehead atoms. The Labute approximate surface area is 182 Å². The number of likely N-dealkylation sites (N-methyl/N-ethyl adjacent to an activating group) is 1. The molecule has 31 heavy (non-hydrogen) atoms. The summed E-state index contributed by atoms with van der Waals surface area (Å²) >= 11 is 0. The summed E-state index contributed by atoms with van der Waals surface area (Å²) < 4.78 is 6.29. The summed E-state index contributed by atoms with van der Waals surface area (Å²) in [6.45, 7) is 4.72. The van der Waals surface area contributed by atoms with E-state index >= 15 is 0 Å². The van der Waals surface area contributed by atoms with E-state index in [1.54, 1.807) is 35.2 Å². The van der Waals surface area contributed by atoms with Crippen molar-refractivity contribution in [1.82, 2.24) is 10.2 Å². The second-order valence-corrected chi connectivity index (χ2v) is 7.81. The lowest BCUT2D eigenvalue weighted by molar-refractivity contribution is 0.0417. The Morgan fingerprint density at radius 2 is 1.94 bits per heavy atom. The molecule has 1 aliphatic heterocycles. The highest BCUT2D eigenvalue weighted by molar-refractivity contribution is 6.04. The number of urea groups is 1. The van der Waals surface area contributed by atoms with Gasteiger partial charge in [-0.2, -0.15) is 0 Å². The van der Waals surface area contributed by atoms with E-state index in [1.165, 1.54) is 0 Å². The number of hydrogen-bond acceptors (Lipinski definition) is 5. The van der Waals surface area contributed by atoms with Crippen LogP contribution in [0.4, 0.5) is 16.2 Å². The van der Waals surface area contributed by atoms with Gasteiger partial charge in [0.1, 0.15) is 6.10 Å². The van der Waals surface area contributed by atoms with Gasteiger partial charge in [-0.1, -0.05) is 31.2 Å². The molecule has 0 saturated heterocycles. The van der Waals surface area contributed by atoms with Crippen LogP contribution in [0.15, 0.2) is 48.5 Å².